The van der Waals surface area contributed by atoms with Gasteiger partial charge in [0.05, 0.1) is 63.4 Å². The van der Waals surface area contributed by atoms with Crippen molar-refractivity contribution >= 4 is 76.8 Å². The number of benzene rings is 1. The van der Waals surface area contributed by atoms with Crippen LogP contribution >= 0.6 is 25.0 Å². The number of aromatic nitrogens is 7. The number of halogens is 2. The van der Waals surface area contributed by atoms with Crippen LogP contribution in [0.15, 0.2) is 30.9 Å². The van der Waals surface area contributed by atoms with E-state index in [1.54, 1.807) is 18.5 Å². The molecular formula is C27H28ClFN8O9P2S2. The van der Waals surface area contributed by atoms with Crippen LogP contribution in [0, 0.1) is 23.2 Å². The van der Waals surface area contributed by atoms with Gasteiger partial charge in [-0.3, -0.25) is 4.52 Å². The molecule has 1 N–H and O–H groups in total. The van der Waals surface area contributed by atoms with E-state index in [1.807, 2.05) is 10.6 Å². The van der Waals surface area contributed by atoms with Gasteiger partial charge in [-0.25, -0.2) is 28.8 Å². The molecule has 1 saturated carbocycles. The number of nitriles is 1. The van der Waals surface area contributed by atoms with Gasteiger partial charge in [0.2, 0.25) is 0 Å². The van der Waals surface area contributed by atoms with Gasteiger partial charge in [-0.05, 0) is 48.1 Å². The number of carbonyl (C=O) groups excluding carboxylic acids is 1. The molecular weight excluding hydrogens is 761 g/mol. The monoisotopic (exact) mass is 788 g/mol. The minimum atomic E-state index is -3.91. The van der Waals surface area contributed by atoms with Gasteiger partial charge in [-0.1, -0.05) is 22.9 Å². The van der Waals surface area contributed by atoms with E-state index in [0.29, 0.717) is 17.6 Å². The zero-order valence-corrected chi connectivity index (χ0v) is 30.1. The number of alkyl halides is 1. The minimum absolute atomic E-state index is 0.00846. The highest BCUT2D eigenvalue weighted by atomic mass is 35.5. The summed E-state index contributed by atoms with van der Waals surface area (Å²) in [6.07, 6.45) is -2.66. The molecule has 5 heterocycles. The Kier molecular flexibility index (Phi) is 10.3. The van der Waals surface area contributed by atoms with E-state index in [-0.39, 0.29) is 65.9 Å². The lowest BCUT2D eigenvalue weighted by Crippen LogP contribution is -2.43. The predicted molar refractivity (Wildman–Crippen MR) is 178 cm³/mol. The standard InChI is InChI=1S/C27H28ClFN8O9P2S2/c1-40-27(38)15-4-2-5-17-21(15)34-35-37(17)26-20(29)23-19(45-26)11-43-47(39,49)42-10-16-14(9-44-48(50,46-23)41-7-3-6-30)8-18(16)36-13-33-22-24(28)31-12-32-25(22)36/h2,4-5,12-14,16,18-20,23,26H,3,7-11H2,1H3,(H,39,49)/t14-,16-,18-,19?,20-,23-,26-,47?,48?/m1/s1. The Morgan fingerprint density at radius 1 is 1.20 bits per heavy atom. The largest absolute Gasteiger partial charge is 0.465 e. The highest BCUT2D eigenvalue weighted by Gasteiger charge is 2.52. The van der Waals surface area contributed by atoms with E-state index in [9.17, 15) is 9.69 Å². The first-order chi connectivity index (χ1) is 24.0. The van der Waals surface area contributed by atoms with Gasteiger partial charge in [-0.15, -0.1) is 5.10 Å². The van der Waals surface area contributed by atoms with Gasteiger partial charge in [0.1, 0.15) is 29.6 Å². The first kappa shape index (κ1) is 35.8. The van der Waals surface area contributed by atoms with Gasteiger partial charge >= 0.3 is 19.4 Å². The first-order valence-corrected chi connectivity index (χ1v) is 20.7. The number of hydrogen-bond acceptors (Lipinski definition) is 16. The molecule has 3 unspecified atom stereocenters. The zero-order valence-electron chi connectivity index (χ0n) is 25.9. The Morgan fingerprint density at radius 3 is 2.82 bits per heavy atom. The Labute approximate surface area is 298 Å². The van der Waals surface area contributed by atoms with Crippen molar-refractivity contribution in [1.82, 2.24) is 34.5 Å². The third-order valence-electron chi connectivity index (χ3n) is 8.72. The summed E-state index contributed by atoms with van der Waals surface area (Å²) in [7, 11) is 1.23. The first-order valence-electron chi connectivity index (χ1n) is 15.1. The number of imidazole rings is 1. The third kappa shape index (κ3) is 6.83. The van der Waals surface area contributed by atoms with Crippen molar-refractivity contribution in [2.45, 2.75) is 43.5 Å². The average molecular weight is 789 g/mol. The minimum Gasteiger partial charge on any atom is -0.465 e. The molecule has 2 aliphatic heterocycles. The Hall–Kier alpha value is -2.63. The fourth-order valence-corrected chi connectivity index (χ4v) is 9.65. The van der Waals surface area contributed by atoms with Gasteiger partial charge < -0.3 is 37.0 Å². The summed E-state index contributed by atoms with van der Waals surface area (Å²) in [6, 6.07) is 6.41. The summed E-state index contributed by atoms with van der Waals surface area (Å²) in [5.74, 6) is -1.17. The third-order valence-corrected chi connectivity index (χ3v) is 12.9. The summed E-state index contributed by atoms with van der Waals surface area (Å²) in [6.45, 7) is -8.31. The van der Waals surface area contributed by atoms with E-state index in [4.69, 9.17) is 72.6 Å². The number of methoxy groups -OCH3 is 1. The van der Waals surface area contributed by atoms with Crippen molar-refractivity contribution in [1.29, 1.82) is 5.26 Å². The number of ether oxygens (including phenoxy) is 2. The highest BCUT2D eigenvalue weighted by Crippen LogP contribution is 2.58. The van der Waals surface area contributed by atoms with Crippen LogP contribution in [-0.4, -0.2) is 97.3 Å². The van der Waals surface area contributed by atoms with Gasteiger partial charge in [0.15, 0.2) is 23.2 Å². The SMILES string of the molecule is COC(=O)c1cccc2c1nnn2[C@@H]1OC2COP(O)(=S)OC[C@@H]3[C@@H](COP(=S)(OCCC#N)O[C@H]2[C@H]1F)C[C@H]3n1cnc2c(Cl)ncnc21. The number of nitrogens with zero attached hydrogens (tertiary/aromatic N) is 8. The van der Waals surface area contributed by atoms with Gasteiger partial charge in [0, 0.05) is 12.0 Å². The molecule has 9 atom stereocenters. The van der Waals surface area contributed by atoms with E-state index in [1.165, 1.54) is 19.5 Å². The molecule has 0 amide bonds. The second kappa shape index (κ2) is 14.4. The lowest BCUT2D eigenvalue weighted by molar-refractivity contribution is -0.0483. The Morgan fingerprint density at radius 2 is 2.02 bits per heavy atom. The van der Waals surface area contributed by atoms with Gasteiger partial charge in [-0.2, -0.15) is 5.26 Å². The second-order valence-corrected chi connectivity index (χ2v) is 17.7. The predicted octanol–water partition coefficient (Wildman–Crippen LogP) is 3.94. The molecule has 17 nitrogen and oxygen atoms in total. The molecule has 1 aromatic carbocycles. The molecule has 7 rings (SSSR count). The summed E-state index contributed by atoms with van der Waals surface area (Å²) < 4.78 is 60.2. The molecule has 1 aliphatic carbocycles. The topological polar surface area (TPSA) is 200 Å². The quantitative estimate of drug-likeness (QED) is 0.127. The molecule has 50 heavy (non-hydrogen) atoms. The van der Waals surface area contributed by atoms with Crippen LogP contribution in [-0.2, 0) is 55.7 Å². The number of fused-ring (bicyclic) bond motifs is 4. The number of hydrogen-bond donors (Lipinski definition) is 1. The van der Waals surface area contributed by atoms with E-state index in [2.05, 4.69) is 25.3 Å². The van der Waals surface area contributed by atoms with Crippen LogP contribution < -0.4 is 0 Å². The number of rotatable bonds is 6. The van der Waals surface area contributed by atoms with Crippen molar-refractivity contribution in [2.75, 3.05) is 33.5 Å². The average Bonchev–Trinajstić information content (AvgIpc) is 3.79. The molecule has 3 fully saturated rings. The second-order valence-electron chi connectivity index (χ2n) is 11.5. The van der Waals surface area contributed by atoms with E-state index in [0.717, 1.165) is 4.68 Å². The summed E-state index contributed by atoms with van der Waals surface area (Å²) in [5, 5.41) is 17.5. The summed E-state index contributed by atoms with van der Waals surface area (Å²) in [5.41, 5.74) is 1.50. The molecule has 3 aromatic heterocycles. The van der Waals surface area contributed by atoms with Crippen molar-refractivity contribution in [3.63, 3.8) is 0 Å². The molecule has 23 heteroatoms. The maximum Gasteiger partial charge on any atom is 0.340 e. The van der Waals surface area contributed by atoms with Crippen molar-refractivity contribution in [2.24, 2.45) is 11.8 Å². The highest BCUT2D eigenvalue weighted by molar-refractivity contribution is 8.07. The smallest absolute Gasteiger partial charge is 0.340 e. The summed E-state index contributed by atoms with van der Waals surface area (Å²) >= 11 is 17.3. The van der Waals surface area contributed by atoms with E-state index < -0.39 is 50.6 Å². The fourth-order valence-electron chi connectivity index (χ4n) is 6.20. The molecule has 2 saturated heterocycles. The van der Waals surface area contributed by atoms with Crippen molar-refractivity contribution in [3.8, 4) is 6.07 Å². The van der Waals surface area contributed by atoms with Crippen LogP contribution in [0.2, 0.25) is 5.15 Å². The molecule has 266 valence electrons. The molecule has 0 bridgehead atoms. The zero-order chi connectivity index (χ0) is 35.2. The Balaban J connectivity index is 1.18. The maximum atomic E-state index is 16.6. The molecule has 0 spiro atoms. The molecule has 3 aliphatic rings. The number of esters is 1. The van der Waals surface area contributed by atoms with Crippen LogP contribution in [0.3, 0.4) is 0 Å². The lowest BCUT2D eigenvalue weighted by atomic mass is 9.70. The van der Waals surface area contributed by atoms with Crippen LogP contribution in [0.5, 0.6) is 0 Å². The van der Waals surface area contributed by atoms with E-state index >= 15 is 4.39 Å². The maximum absolute atomic E-state index is 16.6. The van der Waals surface area contributed by atoms with Crippen LogP contribution in [0.4, 0.5) is 4.39 Å². The molecule has 0 radical (unpaired) electrons. The van der Waals surface area contributed by atoms with Crippen molar-refractivity contribution < 1.29 is 46.2 Å². The van der Waals surface area contributed by atoms with Crippen molar-refractivity contribution in [3.05, 3.63) is 41.6 Å². The van der Waals surface area contributed by atoms with Crippen LogP contribution in [0.25, 0.3) is 22.2 Å². The van der Waals surface area contributed by atoms with Crippen LogP contribution in [0.1, 0.15) is 35.5 Å². The lowest BCUT2D eigenvalue weighted by Gasteiger charge is -2.45. The Bertz CT molecular complexity index is 2070. The molecule has 4 aromatic rings. The normalized spacial score (nSPS) is 33.3. The summed E-state index contributed by atoms with van der Waals surface area (Å²) in [4.78, 5) is 36.1. The van der Waals surface area contributed by atoms with Gasteiger partial charge in [0.25, 0.3) is 0 Å². The number of carbonyl (C=O) groups is 1. The fraction of sp³-hybridized carbons (Fsp3) is 0.519.